The highest BCUT2D eigenvalue weighted by molar-refractivity contribution is 7.92. The van der Waals surface area contributed by atoms with E-state index >= 15 is 0 Å². The van der Waals surface area contributed by atoms with Crippen LogP contribution in [-0.4, -0.2) is 66.2 Å². The second kappa shape index (κ2) is 12.1. The minimum atomic E-state index is -4.04. The lowest BCUT2D eigenvalue weighted by molar-refractivity contribution is -0.119. The zero-order chi connectivity index (χ0) is 24.6. The molecule has 3 rings (SSSR count). The smallest absolute Gasteiger partial charge is 0.264 e. The summed E-state index contributed by atoms with van der Waals surface area (Å²) >= 11 is 0. The molecule has 8 nitrogen and oxygen atoms in total. The van der Waals surface area contributed by atoms with Crippen LogP contribution in [0.4, 0.5) is 5.69 Å². The van der Waals surface area contributed by atoms with Gasteiger partial charge in [-0.05, 0) is 70.1 Å². The number of benzene rings is 2. The standard InChI is InChI=1S/C25H35N3O5S/c1-20-8-10-21(11-9-20)28(19-25(29)26-14-7-17-27-15-5-4-6-16-27)34(30,31)22-12-13-23(32-2)24(18-22)33-3/h8-13,18H,4-7,14-17,19H2,1-3H3,(H,26,29). The first-order valence-electron chi connectivity index (χ1n) is 11.7. The zero-order valence-corrected chi connectivity index (χ0v) is 21.1. The van der Waals surface area contributed by atoms with Crippen molar-refractivity contribution in [3.63, 3.8) is 0 Å². The highest BCUT2D eigenvalue weighted by Crippen LogP contribution is 2.32. The van der Waals surface area contributed by atoms with Gasteiger partial charge in [-0.15, -0.1) is 0 Å². The van der Waals surface area contributed by atoms with Gasteiger partial charge in [-0.1, -0.05) is 24.1 Å². The number of carbonyl (C=O) groups excluding carboxylic acids is 1. The van der Waals surface area contributed by atoms with Crippen LogP contribution in [0.2, 0.25) is 0 Å². The molecule has 0 aromatic heterocycles. The highest BCUT2D eigenvalue weighted by atomic mass is 32.2. The molecule has 0 unspecified atom stereocenters. The minimum Gasteiger partial charge on any atom is -0.493 e. The van der Waals surface area contributed by atoms with Crippen LogP contribution in [0.15, 0.2) is 47.4 Å². The molecule has 0 bridgehead atoms. The van der Waals surface area contributed by atoms with Crippen molar-refractivity contribution in [1.82, 2.24) is 10.2 Å². The fraction of sp³-hybridized carbons (Fsp3) is 0.480. The highest BCUT2D eigenvalue weighted by Gasteiger charge is 2.28. The molecule has 2 aromatic rings. The molecular formula is C25H35N3O5S. The van der Waals surface area contributed by atoms with E-state index in [-0.39, 0.29) is 17.3 Å². The summed E-state index contributed by atoms with van der Waals surface area (Å²) in [4.78, 5) is 15.2. The summed E-state index contributed by atoms with van der Waals surface area (Å²) in [6.45, 7) is 5.27. The molecule has 1 amide bonds. The monoisotopic (exact) mass is 489 g/mol. The van der Waals surface area contributed by atoms with E-state index in [0.717, 1.165) is 35.9 Å². The topological polar surface area (TPSA) is 88.2 Å². The molecule has 1 fully saturated rings. The lowest BCUT2D eigenvalue weighted by atomic mass is 10.1. The van der Waals surface area contributed by atoms with Gasteiger partial charge in [-0.2, -0.15) is 0 Å². The van der Waals surface area contributed by atoms with Crippen LogP contribution in [-0.2, 0) is 14.8 Å². The van der Waals surface area contributed by atoms with Gasteiger partial charge in [-0.3, -0.25) is 9.10 Å². The van der Waals surface area contributed by atoms with Gasteiger partial charge in [0.25, 0.3) is 10.0 Å². The molecule has 1 N–H and O–H groups in total. The van der Waals surface area contributed by atoms with Gasteiger partial charge in [0, 0.05) is 12.6 Å². The van der Waals surface area contributed by atoms with E-state index in [0.29, 0.717) is 23.7 Å². The summed E-state index contributed by atoms with van der Waals surface area (Å²) in [5.41, 5.74) is 1.42. The molecule has 2 aromatic carbocycles. The molecule has 0 aliphatic carbocycles. The van der Waals surface area contributed by atoms with Gasteiger partial charge in [0.2, 0.25) is 5.91 Å². The van der Waals surface area contributed by atoms with Crippen molar-refractivity contribution in [2.24, 2.45) is 0 Å². The van der Waals surface area contributed by atoms with E-state index in [1.807, 2.05) is 19.1 Å². The number of carbonyl (C=O) groups is 1. The molecule has 1 aliphatic rings. The molecule has 9 heteroatoms. The molecular weight excluding hydrogens is 454 g/mol. The van der Waals surface area contributed by atoms with Gasteiger partial charge in [0.1, 0.15) is 6.54 Å². The number of aryl methyl sites for hydroxylation is 1. The zero-order valence-electron chi connectivity index (χ0n) is 20.2. The average molecular weight is 490 g/mol. The number of hydrogen-bond acceptors (Lipinski definition) is 6. The number of hydrogen-bond donors (Lipinski definition) is 1. The second-order valence-corrected chi connectivity index (χ2v) is 10.3. The van der Waals surface area contributed by atoms with Crippen molar-refractivity contribution >= 4 is 21.6 Å². The van der Waals surface area contributed by atoms with Crippen molar-refractivity contribution in [2.75, 3.05) is 51.2 Å². The van der Waals surface area contributed by atoms with E-state index in [2.05, 4.69) is 10.2 Å². The van der Waals surface area contributed by atoms with Gasteiger partial charge in [-0.25, -0.2) is 8.42 Å². The molecule has 34 heavy (non-hydrogen) atoms. The van der Waals surface area contributed by atoms with Crippen molar-refractivity contribution in [3.8, 4) is 11.5 Å². The molecule has 1 aliphatic heterocycles. The Bertz CT molecular complexity index is 1050. The number of anilines is 1. The lowest BCUT2D eigenvalue weighted by Crippen LogP contribution is -2.41. The normalized spacial score (nSPS) is 14.4. The Kier molecular flexibility index (Phi) is 9.18. The van der Waals surface area contributed by atoms with Crippen LogP contribution < -0.4 is 19.1 Å². The first-order valence-corrected chi connectivity index (χ1v) is 13.1. The van der Waals surface area contributed by atoms with E-state index in [1.165, 1.54) is 45.6 Å². The van der Waals surface area contributed by atoms with Crippen molar-refractivity contribution in [3.05, 3.63) is 48.0 Å². The predicted molar refractivity (Wildman–Crippen MR) is 133 cm³/mol. The van der Waals surface area contributed by atoms with Gasteiger partial charge >= 0.3 is 0 Å². The Morgan fingerprint density at radius 1 is 1.00 bits per heavy atom. The lowest BCUT2D eigenvalue weighted by Gasteiger charge is -2.26. The summed E-state index contributed by atoms with van der Waals surface area (Å²) in [6, 6.07) is 11.5. The Balaban J connectivity index is 1.74. The number of likely N-dealkylation sites (tertiary alicyclic amines) is 1. The second-order valence-electron chi connectivity index (χ2n) is 8.47. The average Bonchev–Trinajstić information content (AvgIpc) is 2.86. The SMILES string of the molecule is COc1ccc(S(=O)(=O)N(CC(=O)NCCCN2CCCCC2)c2ccc(C)cc2)cc1OC. The largest absolute Gasteiger partial charge is 0.493 e. The molecule has 0 atom stereocenters. The Morgan fingerprint density at radius 2 is 1.68 bits per heavy atom. The fourth-order valence-corrected chi connectivity index (χ4v) is 5.47. The Morgan fingerprint density at radius 3 is 2.32 bits per heavy atom. The van der Waals surface area contributed by atoms with E-state index in [9.17, 15) is 13.2 Å². The predicted octanol–water partition coefficient (Wildman–Crippen LogP) is 3.20. The van der Waals surface area contributed by atoms with Crippen LogP contribution in [0, 0.1) is 6.92 Å². The first kappa shape index (κ1) is 25.8. The maximum atomic E-state index is 13.6. The van der Waals surface area contributed by atoms with Crippen LogP contribution >= 0.6 is 0 Å². The van der Waals surface area contributed by atoms with E-state index in [4.69, 9.17) is 9.47 Å². The molecule has 0 radical (unpaired) electrons. The minimum absolute atomic E-state index is 0.0172. The van der Waals surface area contributed by atoms with Gasteiger partial charge < -0.3 is 19.7 Å². The number of ether oxygens (including phenoxy) is 2. The number of amides is 1. The van der Waals surface area contributed by atoms with E-state index < -0.39 is 10.0 Å². The van der Waals surface area contributed by atoms with Crippen LogP contribution in [0.25, 0.3) is 0 Å². The summed E-state index contributed by atoms with van der Waals surface area (Å²) in [5.74, 6) is 0.382. The van der Waals surface area contributed by atoms with Crippen LogP contribution in [0.1, 0.15) is 31.2 Å². The maximum Gasteiger partial charge on any atom is 0.264 e. The van der Waals surface area contributed by atoms with Gasteiger partial charge in [0.05, 0.1) is 24.8 Å². The Hall–Kier alpha value is -2.78. The third-order valence-corrected chi connectivity index (χ3v) is 7.74. The number of nitrogens with one attached hydrogen (secondary N) is 1. The molecule has 0 saturated carbocycles. The number of methoxy groups -OCH3 is 2. The Labute approximate surface area is 202 Å². The first-order chi connectivity index (χ1) is 16.3. The van der Waals surface area contributed by atoms with Crippen LogP contribution in [0.5, 0.6) is 11.5 Å². The quantitative estimate of drug-likeness (QED) is 0.488. The molecule has 1 heterocycles. The van der Waals surface area contributed by atoms with Crippen molar-refractivity contribution in [1.29, 1.82) is 0 Å². The number of sulfonamides is 1. The summed E-state index contributed by atoms with van der Waals surface area (Å²) in [6.07, 6.45) is 4.58. The summed E-state index contributed by atoms with van der Waals surface area (Å²) in [5, 5.41) is 2.88. The number of rotatable bonds is 11. The van der Waals surface area contributed by atoms with Crippen molar-refractivity contribution < 1.29 is 22.7 Å². The molecule has 0 spiro atoms. The van der Waals surface area contributed by atoms with E-state index in [1.54, 1.807) is 18.2 Å². The third-order valence-electron chi connectivity index (χ3n) is 5.97. The number of nitrogens with zero attached hydrogens (tertiary/aromatic N) is 2. The van der Waals surface area contributed by atoms with Gasteiger partial charge in [0.15, 0.2) is 11.5 Å². The fourth-order valence-electron chi connectivity index (χ4n) is 4.03. The molecule has 186 valence electrons. The number of piperidine rings is 1. The summed E-state index contributed by atoms with van der Waals surface area (Å²) < 4.78 is 38.8. The summed E-state index contributed by atoms with van der Waals surface area (Å²) in [7, 11) is -1.10. The van der Waals surface area contributed by atoms with Crippen molar-refractivity contribution in [2.45, 2.75) is 37.5 Å². The molecule has 1 saturated heterocycles. The third kappa shape index (κ3) is 6.64. The van der Waals surface area contributed by atoms with Crippen LogP contribution in [0.3, 0.4) is 0 Å². The maximum absolute atomic E-state index is 13.6.